The van der Waals surface area contributed by atoms with Crippen molar-refractivity contribution >= 4 is 60.4 Å². The molecule has 2 rings (SSSR count). The topological polar surface area (TPSA) is 101 Å². The first-order valence-electron chi connectivity index (χ1n) is 13.4. The average Bonchev–Trinajstić information content (AvgIpc) is 2.86. The van der Waals surface area contributed by atoms with Crippen LogP contribution in [-0.2, 0) is 27.5 Å². The zero-order chi connectivity index (χ0) is 31.6. The normalized spacial score (nSPS) is 12.6. The predicted molar refractivity (Wildman–Crippen MR) is 190 cm³/mol. The van der Waals surface area contributed by atoms with Gasteiger partial charge in [-0.3, -0.25) is 4.79 Å². The lowest BCUT2D eigenvalue weighted by atomic mass is 10.1. The summed E-state index contributed by atoms with van der Waals surface area (Å²) in [5.41, 5.74) is 1.83. The summed E-state index contributed by atoms with van der Waals surface area (Å²) in [5, 5.41) is 5.04. The number of hydrogen-bond donors (Lipinski definition) is 2. The summed E-state index contributed by atoms with van der Waals surface area (Å²) in [7, 11) is 0. The van der Waals surface area contributed by atoms with Gasteiger partial charge in [0.1, 0.15) is 15.5 Å². The zero-order valence-corrected chi connectivity index (χ0v) is 30.2. The maximum absolute atomic E-state index is 12.1. The molecule has 3 atom stereocenters. The summed E-state index contributed by atoms with van der Waals surface area (Å²) in [6.45, 7) is 15.5. The molecule has 0 aliphatic rings. The van der Waals surface area contributed by atoms with Gasteiger partial charge < -0.3 is 9.11 Å². The fraction of sp³-hybridized carbons (Fsp3) is 0.485. The average molecular weight is 745 g/mol. The van der Waals surface area contributed by atoms with Crippen LogP contribution in [0.2, 0.25) is 0 Å². The maximum atomic E-state index is 12.1. The number of carbonyl (C=O) groups is 1. The minimum absolute atomic E-state index is 0. The Kier molecular flexibility index (Phi) is 22.7. The number of halogens is 2. The van der Waals surface area contributed by atoms with Crippen molar-refractivity contribution in [2.24, 2.45) is 5.14 Å². The van der Waals surface area contributed by atoms with Crippen LogP contribution in [0, 0.1) is 23.7 Å². The number of nitrogens with one attached hydrogen (secondary N) is 1. The molecule has 0 aliphatic heterocycles. The van der Waals surface area contributed by atoms with Crippen LogP contribution < -0.4 is 9.86 Å². The van der Waals surface area contributed by atoms with Gasteiger partial charge in [0, 0.05) is 49.2 Å². The third-order valence-electron chi connectivity index (χ3n) is 4.85. The lowest BCUT2D eigenvalue weighted by molar-refractivity contribution is -0.113. The minimum Gasteiger partial charge on any atom is -0.598 e. The second-order valence-electron chi connectivity index (χ2n) is 11.0. The lowest BCUT2D eigenvalue weighted by Crippen LogP contribution is -2.44. The Bertz CT molecular complexity index is 1190. The van der Waals surface area contributed by atoms with Crippen molar-refractivity contribution in [3.8, 4) is 23.7 Å². The van der Waals surface area contributed by atoms with Gasteiger partial charge in [-0.25, -0.2) is 0 Å². The van der Waals surface area contributed by atoms with Crippen molar-refractivity contribution in [1.82, 2.24) is 4.72 Å². The first-order valence-corrected chi connectivity index (χ1v) is 17.4. The van der Waals surface area contributed by atoms with Gasteiger partial charge in [-0.2, -0.15) is 5.14 Å². The molecule has 0 radical (unpaired) electrons. The Hall–Kier alpha value is -1.27. The van der Waals surface area contributed by atoms with Crippen LogP contribution in [0.4, 0.5) is 0 Å². The molecule has 0 saturated heterocycles. The van der Waals surface area contributed by atoms with Gasteiger partial charge in [0.25, 0.3) is 0 Å². The van der Waals surface area contributed by atoms with E-state index in [0.29, 0.717) is 6.42 Å². The van der Waals surface area contributed by atoms with E-state index in [-0.39, 0.29) is 28.7 Å². The van der Waals surface area contributed by atoms with Crippen molar-refractivity contribution in [2.75, 3.05) is 0 Å². The summed E-state index contributed by atoms with van der Waals surface area (Å²) < 4.78 is 27.1. The van der Waals surface area contributed by atoms with Crippen molar-refractivity contribution in [1.29, 1.82) is 0 Å². The molecule has 0 heterocycles. The first-order chi connectivity index (χ1) is 19.0. The van der Waals surface area contributed by atoms with E-state index in [0.717, 1.165) is 39.3 Å². The summed E-state index contributed by atoms with van der Waals surface area (Å²) in [6, 6.07) is 15.5. The molecule has 2 unspecified atom stereocenters. The van der Waals surface area contributed by atoms with E-state index in [1.807, 2.05) is 97.0 Å². The zero-order valence-electron chi connectivity index (χ0n) is 25.4. The predicted octanol–water partition coefficient (Wildman–Crippen LogP) is 8.23. The highest BCUT2D eigenvalue weighted by Crippen LogP contribution is 2.15. The standard InChI is InChI=1S/C16H22BrNOS.C12H11BrO.C4H11NOS.CH4/c1-5-7-15(18-20(19)16(2,3)4)11-10-13-8-6-9-14(17)12-13;1-2-4-12(14)8-7-10-5-3-6-11(13)9-10;1-4(2,3)7(5)6;/h6,8-9,12,15,18H,5,7H2,1-4H3;3,5-6,9H,2,4H2,1H3;5H2,1-3H3;1H4/t15-,20?;;;/m1.../s1. The minimum atomic E-state index is -1.18. The third kappa shape index (κ3) is 21.4. The molecule has 5 nitrogen and oxygen atoms in total. The van der Waals surface area contributed by atoms with Gasteiger partial charge in [-0.05, 0) is 96.7 Å². The fourth-order valence-electron chi connectivity index (χ4n) is 2.49. The summed E-state index contributed by atoms with van der Waals surface area (Å²) in [5.74, 6) is 11.8. The maximum Gasteiger partial charge on any atom is 0.205 e. The number of Topliss-reactive ketones (excluding diaryl/α,β-unsaturated/α-hetero) is 1. The number of rotatable bonds is 6. The highest BCUT2D eigenvalue weighted by atomic mass is 79.9. The highest BCUT2D eigenvalue weighted by Gasteiger charge is 2.28. The number of carbonyl (C=O) groups excluding carboxylic acids is 1. The van der Waals surface area contributed by atoms with Crippen LogP contribution in [0.15, 0.2) is 57.5 Å². The van der Waals surface area contributed by atoms with Crippen molar-refractivity contribution < 1.29 is 13.9 Å². The van der Waals surface area contributed by atoms with E-state index in [1.54, 1.807) is 0 Å². The number of hydrogen-bond acceptors (Lipinski definition) is 5. The SMILES string of the molecule is C.CC(C)(C)[S+](N)[O-].CCCC(=O)C#Cc1cccc(Br)c1.CCC[C@H](C#Cc1cccc(Br)c1)N[S+]([O-])C(C)(C)C. The molecule has 0 fully saturated rings. The number of ketones is 1. The van der Waals surface area contributed by atoms with Crippen LogP contribution in [0.3, 0.4) is 0 Å². The third-order valence-corrected chi connectivity index (χ3v) is 8.65. The molecular formula is C33H48Br2N2O3S2. The summed E-state index contributed by atoms with van der Waals surface area (Å²) >= 11 is 4.51. The van der Waals surface area contributed by atoms with Gasteiger partial charge in [0.15, 0.2) is 0 Å². The molecule has 2 aromatic rings. The Morgan fingerprint density at radius 2 is 1.38 bits per heavy atom. The molecular weight excluding hydrogens is 696 g/mol. The number of benzene rings is 2. The van der Waals surface area contributed by atoms with E-state index in [4.69, 9.17) is 5.14 Å². The van der Waals surface area contributed by atoms with Crippen LogP contribution in [0.5, 0.6) is 0 Å². The van der Waals surface area contributed by atoms with Crippen LogP contribution in [-0.4, -0.2) is 30.4 Å². The molecule has 0 aromatic heterocycles. The van der Waals surface area contributed by atoms with Gasteiger partial charge in [-0.15, -0.1) is 4.72 Å². The molecule has 0 spiro atoms. The molecule has 0 bridgehead atoms. The quantitative estimate of drug-likeness (QED) is 0.229. The summed E-state index contributed by atoms with van der Waals surface area (Å²) in [6.07, 6.45) is 3.29. The van der Waals surface area contributed by atoms with Crippen molar-refractivity contribution in [2.45, 2.75) is 104 Å². The monoisotopic (exact) mass is 742 g/mol. The molecule has 0 aliphatic carbocycles. The van der Waals surface area contributed by atoms with Gasteiger partial charge >= 0.3 is 0 Å². The van der Waals surface area contributed by atoms with E-state index in [1.165, 1.54) is 0 Å². The highest BCUT2D eigenvalue weighted by molar-refractivity contribution is 9.10. The summed E-state index contributed by atoms with van der Waals surface area (Å²) in [4.78, 5) is 11.1. The number of nitrogens with two attached hydrogens (primary N) is 1. The fourth-order valence-corrected chi connectivity index (χ4v) is 4.08. The second kappa shape index (κ2) is 22.3. The molecule has 2 aromatic carbocycles. The molecule has 0 saturated carbocycles. The van der Waals surface area contributed by atoms with E-state index < -0.39 is 22.7 Å². The van der Waals surface area contributed by atoms with Gasteiger partial charge in [0.2, 0.25) is 5.78 Å². The van der Waals surface area contributed by atoms with Crippen molar-refractivity contribution in [3.63, 3.8) is 0 Å². The molecule has 3 N–H and O–H groups in total. The molecule has 0 amide bonds. The molecule has 9 heteroatoms. The smallest absolute Gasteiger partial charge is 0.205 e. The Morgan fingerprint density at radius 1 is 0.905 bits per heavy atom. The van der Waals surface area contributed by atoms with E-state index in [9.17, 15) is 13.9 Å². The Balaban J connectivity index is 0. The lowest BCUT2D eigenvalue weighted by Gasteiger charge is -2.25. The van der Waals surface area contributed by atoms with Gasteiger partial charge in [0.05, 0.1) is 0 Å². The van der Waals surface area contributed by atoms with Gasteiger partial charge in [-0.1, -0.05) is 89.4 Å². The largest absolute Gasteiger partial charge is 0.598 e. The Morgan fingerprint density at radius 3 is 1.76 bits per heavy atom. The second-order valence-corrected chi connectivity index (χ2v) is 16.6. The van der Waals surface area contributed by atoms with Crippen LogP contribution >= 0.6 is 31.9 Å². The molecule has 42 heavy (non-hydrogen) atoms. The first kappa shape index (κ1) is 42.9. The van der Waals surface area contributed by atoms with E-state index >= 15 is 0 Å². The van der Waals surface area contributed by atoms with Crippen molar-refractivity contribution in [3.05, 3.63) is 68.6 Å². The van der Waals surface area contributed by atoms with Crippen LogP contribution in [0.1, 0.15) is 99.6 Å². The Labute approximate surface area is 278 Å². The molecule has 234 valence electrons. The van der Waals surface area contributed by atoms with E-state index in [2.05, 4.69) is 67.2 Å². The van der Waals surface area contributed by atoms with Crippen LogP contribution in [0.25, 0.3) is 0 Å².